The molecule has 0 atom stereocenters. The molecule has 0 aromatic rings. The summed E-state index contributed by atoms with van der Waals surface area (Å²) in [6.45, 7) is 2.28. The zero-order valence-electron chi connectivity index (χ0n) is 5.30. The van der Waals surface area contributed by atoms with Crippen LogP contribution in [0.1, 0.15) is 19.8 Å². The highest BCUT2D eigenvalue weighted by atomic mass is 14.2. The Morgan fingerprint density at radius 2 is 1.12 bits per heavy atom. The molecule has 1 aliphatic rings. The Bertz CT molecular complexity index is 56.6. The van der Waals surface area contributed by atoms with Gasteiger partial charge in [-0.15, -0.1) is 25.7 Å². The number of hydrogen-bond acceptors (Lipinski definition) is 0. The van der Waals surface area contributed by atoms with Gasteiger partial charge in [0.2, 0.25) is 0 Å². The van der Waals surface area contributed by atoms with Crippen LogP contribution in [0.4, 0.5) is 0 Å². The van der Waals surface area contributed by atoms with Crippen molar-refractivity contribution in [2.45, 2.75) is 19.8 Å². The first kappa shape index (κ1) is 10.2. The minimum Gasteiger partial charge on any atom is -0.124 e. The maximum absolute atomic E-state index is 4.00. The Morgan fingerprint density at radius 3 is 1.12 bits per heavy atom. The normalized spacial score (nSPS) is 13.6. The molecule has 0 aromatic carbocycles. The van der Waals surface area contributed by atoms with E-state index in [0.717, 1.165) is 5.92 Å². The first-order chi connectivity index (χ1) is 3.89. The van der Waals surface area contributed by atoms with Gasteiger partial charge in [-0.05, 0) is 5.92 Å². The van der Waals surface area contributed by atoms with Crippen LogP contribution < -0.4 is 0 Å². The van der Waals surface area contributed by atoms with Crippen molar-refractivity contribution in [2.75, 3.05) is 0 Å². The van der Waals surface area contributed by atoms with Crippen molar-refractivity contribution in [3.63, 3.8) is 0 Å². The molecule has 0 heteroatoms. The Labute approximate surface area is 52.3 Å². The van der Waals surface area contributed by atoms with E-state index in [4.69, 9.17) is 0 Å². The van der Waals surface area contributed by atoms with E-state index in [0.29, 0.717) is 0 Å². The lowest BCUT2D eigenvalue weighted by Crippen LogP contribution is -1.42. The molecular weight excluding hydrogens is 96.1 g/mol. The van der Waals surface area contributed by atoms with Crippen LogP contribution in [0, 0.1) is 31.6 Å². The van der Waals surface area contributed by atoms with Crippen LogP contribution in [0.15, 0.2) is 0 Å². The van der Waals surface area contributed by atoms with E-state index in [9.17, 15) is 0 Å². The van der Waals surface area contributed by atoms with Crippen LogP contribution in [0.3, 0.4) is 0 Å². The topological polar surface area (TPSA) is 0 Å². The first-order valence-corrected chi connectivity index (χ1v) is 2.56. The van der Waals surface area contributed by atoms with Gasteiger partial charge < -0.3 is 0 Å². The van der Waals surface area contributed by atoms with E-state index in [1.165, 1.54) is 12.8 Å². The molecule has 0 aliphatic heterocycles. The van der Waals surface area contributed by atoms with Gasteiger partial charge in [0.15, 0.2) is 0 Å². The maximum atomic E-state index is 4.00. The second-order valence-corrected chi connectivity index (χ2v) is 1.68. The molecule has 1 saturated carbocycles. The third kappa shape index (κ3) is 19.3. The summed E-state index contributed by atoms with van der Waals surface area (Å²) < 4.78 is 0. The first-order valence-electron chi connectivity index (χ1n) is 2.56. The second-order valence-electron chi connectivity index (χ2n) is 1.68. The lowest BCUT2D eigenvalue weighted by molar-refractivity contribution is 0.983. The molecule has 0 nitrogen and oxygen atoms in total. The average Bonchev–Trinajstić information content (AvgIpc) is 2.62. The molecule has 0 radical (unpaired) electrons. The highest BCUT2D eigenvalue weighted by Gasteiger charge is 2.12. The third-order valence-corrected chi connectivity index (χ3v) is 0.866. The van der Waals surface area contributed by atoms with Crippen molar-refractivity contribution < 1.29 is 0 Å². The van der Waals surface area contributed by atoms with E-state index < -0.39 is 0 Å². The molecule has 1 rings (SSSR count). The predicted octanol–water partition coefficient (Wildman–Crippen LogP) is 1.92. The summed E-state index contributed by atoms with van der Waals surface area (Å²) in [6.07, 6.45) is 19.0. The minimum atomic E-state index is 1.08. The molecule has 0 spiro atoms. The van der Waals surface area contributed by atoms with Crippen molar-refractivity contribution in [3.8, 4) is 25.7 Å². The average molecular weight is 108 g/mol. The number of terminal acetylenes is 2. The Kier molecular flexibility index (Phi) is 12.0. The summed E-state index contributed by atoms with van der Waals surface area (Å²) in [7, 11) is 0. The Balaban J connectivity index is 0. The molecular formula is C8H12. The maximum Gasteiger partial charge on any atom is -0.0443 e. The largest absolute Gasteiger partial charge is 0.124 e. The van der Waals surface area contributed by atoms with E-state index >= 15 is 0 Å². The van der Waals surface area contributed by atoms with E-state index in [1.54, 1.807) is 0 Å². The van der Waals surface area contributed by atoms with Gasteiger partial charge in [0.1, 0.15) is 0 Å². The zero-order chi connectivity index (χ0) is 6.99. The second kappa shape index (κ2) is 9.45. The van der Waals surface area contributed by atoms with Gasteiger partial charge in [-0.25, -0.2) is 0 Å². The summed E-state index contributed by atoms with van der Waals surface area (Å²) in [5.74, 6) is 1.08. The van der Waals surface area contributed by atoms with Crippen LogP contribution in [0.25, 0.3) is 0 Å². The third-order valence-electron chi connectivity index (χ3n) is 0.866. The monoisotopic (exact) mass is 108 g/mol. The molecule has 0 heterocycles. The summed E-state index contributed by atoms with van der Waals surface area (Å²) >= 11 is 0. The van der Waals surface area contributed by atoms with Gasteiger partial charge in [-0.3, -0.25) is 0 Å². The van der Waals surface area contributed by atoms with Crippen LogP contribution in [0.5, 0.6) is 0 Å². The molecule has 8 heavy (non-hydrogen) atoms. The minimum absolute atomic E-state index is 1.08. The van der Waals surface area contributed by atoms with Crippen molar-refractivity contribution >= 4 is 0 Å². The summed E-state index contributed by atoms with van der Waals surface area (Å²) in [4.78, 5) is 0. The number of hydrogen-bond donors (Lipinski definition) is 0. The molecule has 0 unspecified atom stereocenters. The van der Waals surface area contributed by atoms with E-state index in [2.05, 4.69) is 32.6 Å². The van der Waals surface area contributed by atoms with Crippen LogP contribution in [0.2, 0.25) is 0 Å². The highest BCUT2D eigenvalue weighted by molar-refractivity contribution is 4.65. The van der Waals surface area contributed by atoms with Crippen LogP contribution in [-0.2, 0) is 0 Å². The van der Waals surface area contributed by atoms with Crippen molar-refractivity contribution in [2.24, 2.45) is 5.92 Å². The molecule has 44 valence electrons. The Morgan fingerprint density at radius 1 is 1.00 bits per heavy atom. The summed E-state index contributed by atoms with van der Waals surface area (Å²) in [6, 6.07) is 0. The molecule has 0 saturated heterocycles. The molecule has 1 aliphatic carbocycles. The van der Waals surface area contributed by atoms with Gasteiger partial charge in [0.05, 0.1) is 0 Å². The smallest absolute Gasteiger partial charge is 0.0443 e. The van der Waals surface area contributed by atoms with Crippen molar-refractivity contribution in [1.82, 2.24) is 0 Å². The van der Waals surface area contributed by atoms with Gasteiger partial charge in [-0.1, -0.05) is 19.8 Å². The summed E-state index contributed by atoms with van der Waals surface area (Å²) in [5.41, 5.74) is 0. The number of rotatable bonds is 0. The van der Waals surface area contributed by atoms with Crippen LogP contribution in [-0.4, -0.2) is 0 Å². The molecule has 0 aromatic heterocycles. The van der Waals surface area contributed by atoms with Gasteiger partial charge >= 0.3 is 0 Å². The lowest BCUT2D eigenvalue weighted by Gasteiger charge is -1.53. The fourth-order valence-corrected chi connectivity index (χ4v) is 0.167. The highest BCUT2D eigenvalue weighted by Crippen LogP contribution is 2.26. The van der Waals surface area contributed by atoms with Gasteiger partial charge in [-0.2, -0.15) is 0 Å². The van der Waals surface area contributed by atoms with E-state index in [1.807, 2.05) is 0 Å². The quantitative estimate of drug-likeness (QED) is 0.416. The fraction of sp³-hybridized carbons (Fsp3) is 0.500. The van der Waals surface area contributed by atoms with Gasteiger partial charge in [0.25, 0.3) is 0 Å². The van der Waals surface area contributed by atoms with Gasteiger partial charge in [0, 0.05) is 0 Å². The lowest BCUT2D eigenvalue weighted by atomic mass is 10.5. The standard InChI is InChI=1S/C4H8.2C2H2/c1-4-2-3-4;2*1-2/h4H,2-3H2,1H3;2*1-2H. The molecule has 1 fully saturated rings. The molecule has 0 amide bonds. The van der Waals surface area contributed by atoms with E-state index in [-0.39, 0.29) is 0 Å². The summed E-state index contributed by atoms with van der Waals surface area (Å²) in [5, 5.41) is 0. The van der Waals surface area contributed by atoms with Crippen molar-refractivity contribution in [3.05, 3.63) is 0 Å². The zero-order valence-corrected chi connectivity index (χ0v) is 5.30. The SMILES string of the molecule is C#C.C#C.CC1CC1. The molecule has 0 N–H and O–H groups in total. The van der Waals surface area contributed by atoms with Crippen LogP contribution >= 0.6 is 0 Å². The fourth-order valence-electron chi connectivity index (χ4n) is 0.167. The van der Waals surface area contributed by atoms with Crippen molar-refractivity contribution in [1.29, 1.82) is 0 Å². The Hall–Kier alpha value is -0.880. The molecule has 0 bridgehead atoms. The predicted molar refractivity (Wildman–Crippen MR) is 38.2 cm³/mol.